The summed E-state index contributed by atoms with van der Waals surface area (Å²) in [6, 6.07) is 0. The summed E-state index contributed by atoms with van der Waals surface area (Å²) in [5.41, 5.74) is 5.10. The highest BCUT2D eigenvalue weighted by Gasteiger charge is 2.52. The number of carbonyl (C=O) groups is 1. The molecular weight excluding hydrogens is 126 g/mol. The molecule has 56 valence electrons. The molecule has 2 saturated carbocycles. The van der Waals surface area contributed by atoms with Crippen LogP contribution < -0.4 is 5.73 Å². The summed E-state index contributed by atoms with van der Waals surface area (Å²) < 4.78 is 0. The van der Waals surface area contributed by atoms with Crippen molar-refractivity contribution in [2.24, 2.45) is 23.5 Å². The van der Waals surface area contributed by atoms with E-state index in [9.17, 15) is 4.79 Å². The lowest BCUT2D eigenvalue weighted by Crippen LogP contribution is -2.12. The van der Waals surface area contributed by atoms with E-state index in [0.717, 1.165) is 11.8 Å². The van der Waals surface area contributed by atoms with Gasteiger partial charge < -0.3 is 5.73 Å². The van der Waals surface area contributed by atoms with E-state index in [1.165, 1.54) is 19.3 Å². The first-order valence-electron chi connectivity index (χ1n) is 4.07. The number of fused-ring (bicyclic) bond motifs is 1. The SMILES string of the molecule is NC(=O)CC1C2CCCC21. The predicted molar refractivity (Wildman–Crippen MR) is 38.1 cm³/mol. The Morgan fingerprint density at radius 3 is 2.50 bits per heavy atom. The standard InChI is InChI=1S/C8H13NO/c9-8(10)4-7-5-2-1-3-6(5)7/h5-7H,1-4H2,(H2,9,10). The molecule has 0 bridgehead atoms. The van der Waals surface area contributed by atoms with Gasteiger partial charge >= 0.3 is 0 Å². The van der Waals surface area contributed by atoms with Crippen LogP contribution in [0.3, 0.4) is 0 Å². The van der Waals surface area contributed by atoms with Crippen LogP contribution in [0.4, 0.5) is 0 Å². The molecule has 2 unspecified atom stereocenters. The molecule has 2 atom stereocenters. The smallest absolute Gasteiger partial charge is 0.217 e. The van der Waals surface area contributed by atoms with Gasteiger partial charge in [-0.05, 0) is 30.6 Å². The van der Waals surface area contributed by atoms with Crippen molar-refractivity contribution < 1.29 is 4.79 Å². The molecule has 0 aromatic carbocycles. The van der Waals surface area contributed by atoms with Crippen LogP contribution in [-0.2, 0) is 4.79 Å². The summed E-state index contributed by atoms with van der Waals surface area (Å²) in [4.78, 5) is 10.5. The number of hydrogen-bond acceptors (Lipinski definition) is 1. The van der Waals surface area contributed by atoms with Gasteiger partial charge in [0.1, 0.15) is 0 Å². The molecule has 0 aliphatic heterocycles. The van der Waals surface area contributed by atoms with E-state index in [0.29, 0.717) is 12.3 Å². The second kappa shape index (κ2) is 1.97. The Morgan fingerprint density at radius 1 is 1.40 bits per heavy atom. The van der Waals surface area contributed by atoms with Gasteiger partial charge in [-0.2, -0.15) is 0 Å². The van der Waals surface area contributed by atoms with Crippen LogP contribution >= 0.6 is 0 Å². The molecule has 2 heteroatoms. The molecule has 1 amide bonds. The van der Waals surface area contributed by atoms with Gasteiger partial charge in [-0.25, -0.2) is 0 Å². The van der Waals surface area contributed by atoms with Crippen molar-refractivity contribution >= 4 is 5.91 Å². The third-order valence-electron chi connectivity index (χ3n) is 3.02. The first kappa shape index (κ1) is 6.20. The highest BCUT2D eigenvalue weighted by molar-refractivity contribution is 5.74. The van der Waals surface area contributed by atoms with Crippen LogP contribution in [0.2, 0.25) is 0 Å². The minimum absolute atomic E-state index is 0.112. The largest absolute Gasteiger partial charge is 0.370 e. The van der Waals surface area contributed by atoms with E-state index in [1.807, 2.05) is 0 Å². The van der Waals surface area contributed by atoms with Crippen LogP contribution in [0.5, 0.6) is 0 Å². The highest BCUT2D eigenvalue weighted by atomic mass is 16.1. The fraction of sp³-hybridized carbons (Fsp3) is 0.875. The molecule has 2 N–H and O–H groups in total. The topological polar surface area (TPSA) is 43.1 Å². The van der Waals surface area contributed by atoms with E-state index in [1.54, 1.807) is 0 Å². The summed E-state index contributed by atoms with van der Waals surface area (Å²) in [6.45, 7) is 0. The van der Waals surface area contributed by atoms with Crippen molar-refractivity contribution in [3.63, 3.8) is 0 Å². The van der Waals surface area contributed by atoms with Gasteiger partial charge in [0.05, 0.1) is 0 Å². The molecule has 2 aliphatic rings. The average Bonchev–Trinajstić information content (AvgIpc) is 2.40. The van der Waals surface area contributed by atoms with Crippen LogP contribution in [0.25, 0.3) is 0 Å². The minimum Gasteiger partial charge on any atom is -0.370 e. The molecule has 2 fully saturated rings. The Hall–Kier alpha value is -0.530. The Kier molecular flexibility index (Phi) is 1.22. The molecule has 0 radical (unpaired) electrons. The number of hydrogen-bond donors (Lipinski definition) is 1. The van der Waals surface area contributed by atoms with E-state index >= 15 is 0 Å². The van der Waals surface area contributed by atoms with E-state index in [4.69, 9.17) is 5.73 Å². The normalized spacial score (nSPS) is 43.0. The number of nitrogens with two attached hydrogens (primary N) is 1. The van der Waals surface area contributed by atoms with Gasteiger partial charge in [-0.3, -0.25) is 4.79 Å². The molecular formula is C8H13NO. The summed E-state index contributed by atoms with van der Waals surface area (Å²) in [7, 11) is 0. The third-order valence-corrected chi connectivity index (χ3v) is 3.02. The first-order valence-corrected chi connectivity index (χ1v) is 4.07. The average molecular weight is 139 g/mol. The lowest BCUT2D eigenvalue weighted by Gasteiger charge is -1.97. The molecule has 2 nitrogen and oxygen atoms in total. The lowest BCUT2D eigenvalue weighted by molar-refractivity contribution is -0.118. The second-order valence-electron chi connectivity index (χ2n) is 3.59. The van der Waals surface area contributed by atoms with Gasteiger partial charge in [-0.15, -0.1) is 0 Å². The second-order valence-corrected chi connectivity index (χ2v) is 3.59. The van der Waals surface area contributed by atoms with Crippen molar-refractivity contribution in [3.8, 4) is 0 Å². The van der Waals surface area contributed by atoms with Crippen LogP contribution in [0.1, 0.15) is 25.7 Å². The molecule has 0 saturated heterocycles. The van der Waals surface area contributed by atoms with Crippen LogP contribution in [0.15, 0.2) is 0 Å². The number of primary amides is 1. The van der Waals surface area contributed by atoms with Gasteiger partial charge in [-0.1, -0.05) is 6.42 Å². The predicted octanol–water partition coefficient (Wildman–Crippen LogP) is 0.908. The molecule has 2 aliphatic carbocycles. The number of rotatable bonds is 2. The van der Waals surface area contributed by atoms with Crippen molar-refractivity contribution in [2.75, 3.05) is 0 Å². The zero-order valence-electron chi connectivity index (χ0n) is 6.05. The van der Waals surface area contributed by atoms with Gasteiger partial charge in [0.25, 0.3) is 0 Å². The maximum absolute atomic E-state index is 10.5. The fourth-order valence-corrected chi connectivity index (χ4v) is 2.50. The minimum atomic E-state index is -0.112. The Balaban J connectivity index is 1.84. The zero-order chi connectivity index (χ0) is 7.14. The Bertz CT molecular complexity index is 157. The van der Waals surface area contributed by atoms with Crippen molar-refractivity contribution in [1.29, 1.82) is 0 Å². The summed E-state index contributed by atoms with van der Waals surface area (Å²) in [5, 5.41) is 0. The van der Waals surface area contributed by atoms with Gasteiger partial charge in [0, 0.05) is 6.42 Å². The monoisotopic (exact) mass is 139 g/mol. The number of carbonyl (C=O) groups excluding carboxylic acids is 1. The Morgan fingerprint density at radius 2 is 2.00 bits per heavy atom. The molecule has 0 aromatic heterocycles. The molecule has 0 heterocycles. The summed E-state index contributed by atoms with van der Waals surface area (Å²) >= 11 is 0. The lowest BCUT2D eigenvalue weighted by atomic mass is 10.1. The molecule has 2 rings (SSSR count). The first-order chi connectivity index (χ1) is 4.79. The van der Waals surface area contributed by atoms with Crippen molar-refractivity contribution in [1.82, 2.24) is 0 Å². The molecule has 0 aromatic rings. The fourth-order valence-electron chi connectivity index (χ4n) is 2.50. The third kappa shape index (κ3) is 0.825. The van der Waals surface area contributed by atoms with Crippen LogP contribution in [-0.4, -0.2) is 5.91 Å². The highest BCUT2D eigenvalue weighted by Crippen LogP contribution is 2.58. The van der Waals surface area contributed by atoms with E-state index < -0.39 is 0 Å². The zero-order valence-corrected chi connectivity index (χ0v) is 6.05. The van der Waals surface area contributed by atoms with Crippen molar-refractivity contribution in [2.45, 2.75) is 25.7 Å². The Labute approximate surface area is 60.8 Å². The van der Waals surface area contributed by atoms with Crippen molar-refractivity contribution in [3.05, 3.63) is 0 Å². The number of amides is 1. The van der Waals surface area contributed by atoms with E-state index in [-0.39, 0.29) is 5.91 Å². The summed E-state index contributed by atoms with van der Waals surface area (Å²) in [5.74, 6) is 2.34. The van der Waals surface area contributed by atoms with E-state index in [2.05, 4.69) is 0 Å². The van der Waals surface area contributed by atoms with Gasteiger partial charge in [0.2, 0.25) is 5.91 Å². The maximum Gasteiger partial charge on any atom is 0.217 e. The quantitative estimate of drug-likeness (QED) is 0.607. The molecule has 10 heavy (non-hydrogen) atoms. The maximum atomic E-state index is 10.5. The molecule has 0 spiro atoms. The van der Waals surface area contributed by atoms with Crippen LogP contribution in [0, 0.1) is 17.8 Å². The van der Waals surface area contributed by atoms with Gasteiger partial charge in [0.15, 0.2) is 0 Å². The summed E-state index contributed by atoms with van der Waals surface area (Å²) in [6.07, 6.45) is 4.73.